The molecule has 7 heteroatoms. The lowest BCUT2D eigenvalue weighted by Gasteiger charge is -2.26. The number of halogens is 1. The molecule has 3 heterocycles. The number of hydrogen-bond donors (Lipinski definition) is 0. The van der Waals surface area contributed by atoms with E-state index in [0.717, 1.165) is 37.0 Å². The Labute approximate surface area is 102 Å². The van der Waals surface area contributed by atoms with Gasteiger partial charge in [-0.25, -0.2) is 4.98 Å². The molecular formula is C9H10ClN5S. The molecule has 0 spiro atoms. The highest BCUT2D eigenvalue weighted by molar-refractivity contribution is 7.15. The minimum atomic E-state index is 0.508. The summed E-state index contributed by atoms with van der Waals surface area (Å²) in [5.74, 6) is 1.11. The molecule has 5 nitrogen and oxygen atoms in total. The number of nitrogens with zero attached hydrogens (tertiary/aromatic N) is 5. The van der Waals surface area contributed by atoms with Crippen LogP contribution in [0.2, 0.25) is 4.47 Å². The van der Waals surface area contributed by atoms with E-state index in [4.69, 9.17) is 11.6 Å². The first-order chi connectivity index (χ1) is 7.81. The Hall–Kier alpha value is -0.980. The molecule has 1 aliphatic heterocycles. The zero-order chi connectivity index (χ0) is 11.0. The maximum Gasteiger partial charge on any atom is 0.207 e. The fraction of sp³-hybridized carbons (Fsp3) is 0.444. The van der Waals surface area contributed by atoms with Gasteiger partial charge in [0, 0.05) is 25.5 Å². The predicted octanol–water partition coefficient (Wildman–Crippen LogP) is 1.40. The second-order valence-corrected chi connectivity index (χ2v) is 5.34. The maximum atomic E-state index is 5.75. The van der Waals surface area contributed by atoms with Gasteiger partial charge in [-0.2, -0.15) is 0 Å². The molecule has 0 atom stereocenters. The van der Waals surface area contributed by atoms with Gasteiger partial charge in [-0.1, -0.05) is 11.3 Å². The highest BCUT2D eigenvalue weighted by Crippen LogP contribution is 2.19. The number of rotatable bonds is 2. The van der Waals surface area contributed by atoms with Crippen molar-refractivity contribution in [2.75, 3.05) is 6.54 Å². The van der Waals surface area contributed by atoms with Crippen LogP contribution in [0, 0.1) is 0 Å². The van der Waals surface area contributed by atoms with Crippen molar-refractivity contribution >= 4 is 22.9 Å². The Bertz CT molecular complexity index is 494. The van der Waals surface area contributed by atoms with Gasteiger partial charge in [-0.3, -0.25) is 4.90 Å². The average molecular weight is 256 g/mol. The van der Waals surface area contributed by atoms with Gasteiger partial charge in [0.05, 0.1) is 13.1 Å². The van der Waals surface area contributed by atoms with E-state index in [9.17, 15) is 0 Å². The van der Waals surface area contributed by atoms with Crippen molar-refractivity contribution in [2.24, 2.45) is 0 Å². The Morgan fingerprint density at radius 1 is 1.38 bits per heavy atom. The molecule has 3 rings (SSSR count). The first-order valence-electron chi connectivity index (χ1n) is 5.01. The van der Waals surface area contributed by atoms with Gasteiger partial charge in [0.15, 0.2) is 0 Å². The van der Waals surface area contributed by atoms with Crippen LogP contribution in [0.25, 0.3) is 0 Å². The number of aromatic nitrogens is 4. The lowest BCUT2D eigenvalue weighted by molar-refractivity contribution is 0.208. The third kappa shape index (κ3) is 1.95. The van der Waals surface area contributed by atoms with Crippen molar-refractivity contribution in [1.29, 1.82) is 0 Å². The molecule has 84 valence electrons. The maximum absolute atomic E-state index is 5.75. The van der Waals surface area contributed by atoms with Crippen molar-refractivity contribution in [3.63, 3.8) is 0 Å². The van der Waals surface area contributed by atoms with Crippen molar-refractivity contribution in [2.45, 2.75) is 19.6 Å². The zero-order valence-electron chi connectivity index (χ0n) is 8.51. The number of imidazole rings is 1. The van der Waals surface area contributed by atoms with E-state index in [-0.39, 0.29) is 0 Å². The van der Waals surface area contributed by atoms with Crippen LogP contribution >= 0.6 is 22.9 Å². The van der Waals surface area contributed by atoms with Crippen LogP contribution in [0.4, 0.5) is 0 Å². The van der Waals surface area contributed by atoms with Gasteiger partial charge in [0.1, 0.15) is 10.8 Å². The molecule has 0 saturated heterocycles. The second kappa shape index (κ2) is 4.12. The van der Waals surface area contributed by atoms with E-state index in [1.807, 2.05) is 12.4 Å². The Kier molecular flexibility index (Phi) is 2.62. The monoisotopic (exact) mass is 255 g/mol. The minimum Gasteiger partial charge on any atom is -0.333 e. The molecule has 2 aromatic heterocycles. The topological polar surface area (TPSA) is 46.8 Å². The Balaban J connectivity index is 1.70. The largest absolute Gasteiger partial charge is 0.333 e. The summed E-state index contributed by atoms with van der Waals surface area (Å²) in [5, 5.41) is 8.79. The summed E-state index contributed by atoms with van der Waals surface area (Å²) in [7, 11) is 0. The molecule has 0 radical (unpaired) electrons. The van der Waals surface area contributed by atoms with E-state index in [1.54, 1.807) is 0 Å². The van der Waals surface area contributed by atoms with E-state index in [1.165, 1.54) is 11.3 Å². The molecule has 2 aromatic rings. The summed E-state index contributed by atoms with van der Waals surface area (Å²) in [6, 6.07) is 0. The van der Waals surface area contributed by atoms with Crippen LogP contribution < -0.4 is 0 Å². The van der Waals surface area contributed by atoms with Gasteiger partial charge < -0.3 is 4.57 Å². The summed E-state index contributed by atoms with van der Waals surface area (Å²) in [5.41, 5.74) is 0. The van der Waals surface area contributed by atoms with E-state index >= 15 is 0 Å². The predicted molar refractivity (Wildman–Crippen MR) is 61.3 cm³/mol. The lowest BCUT2D eigenvalue weighted by atomic mass is 10.3. The second-order valence-electron chi connectivity index (χ2n) is 3.70. The van der Waals surface area contributed by atoms with Crippen LogP contribution in [-0.2, 0) is 19.6 Å². The highest BCUT2D eigenvalue weighted by atomic mass is 35.5. The van der Waals surface area contributed by atoms with E-state index in [0.29, 0.717) is 4.47 Å². The molecule has 0 N–H and O–H groups in total. The Morgan fingerprint density at radius 3 is 3.12 bits per heavy atom. The number of fused-ring (bicyclic) bond motifs is 1. The van der Waals surface area contributed by atoms with Crippen LogP contribution in [0.15, 0.2) is 12.4 Å². The van der Waals surface area contributed by atoms with Crippen molar-refractivity contribution in [1.82, 2.24) is 24.6 Å². The third-order valence-corrected chi connectivity index (χ3v) is 3.63. The van der Waals surface area contributed by atoms with Crippen LogP contribution in [0.3, 0.4) is 0 Å². The molecule has 0 bridgehead atoms. The normalized spacial score (nSPS) is 16.3. The smallest absolute Gasteiger partial charge is 0.207 e. The minimum absolute atomic E-state index is 0.508. The van der Waals surface area contributed by atoms with Crippen LogP contribution in [0.5, 0.6) is 0 Å². The fourth-order valence-electron chi connectivity index (χ4n) is 1.85. The van der Waals surface area contributed by atoms with Gasteiger partial charge >= 0.3 is 0 Å². The van der Waals surface area contributed by atoms with Crippen molar-refractivity contribution in [3.8, 4) is 0 Å². The molecule has 1 aliphatic rings. The van der Waals surface area contributed by atoms with Gasteiger partial charge in [0.2, 0.25) is 4.47 Å². The van der Waals surface area contributed by atoms with Crippen molar-refractivity contribution < 1.29 is 0 Å². The SMILES string of the molecule is Clc1nnc(CN2CCn3ccnc3C2)s1. The molecular weight excluding hydrogens is 246 g/mol. The summed E-state index contributed by atoms with van der Waals surface area (Å²) in [4.78, 5) is 6.62. The quantitative estimate of drug-likeness (QED) is 0.814. The van der Waals surface area contributed by atoms with Gasteiger partial charge in [-0.15, -0.1) is 10.2 Å². The van der Waals surface area contributed by atoms with Gasteiger partial charge in [-0.05, 0) is 11.6 Å². The van der Waals surface area contributed by atoms with Crippen molar-refractivity contribution in [3.05, 3.63) is 27.7 Å². The molecule has 0 unspecified atom stereocenters. The molecule has 0 amide bonds. The summed E-state index contributed by atoms with van der Waals surface area (Å²) >= 11 is 7.19. The fourth-order valence-corrected chi connectivity index (χ4v) is 2.76. The molecule has 0 aliphatic carbocycles. The van der Waals surface area contributed by atoms with E-state index in [2.05, 4.69) is 24.6 Å². The summed E-state index contributed by atoms with van der Waals surface area (Å²) < 4.78 is 2.69. The third-order valence-electron chi connectivity index (χ3n) is 2.62. The summed E-state index contributed by atoms with van der Waals surface area (Å²) in [6.07, 6.45) is 3.87. The standard InChI is InChI=1S/C9H10ClN5S/c10-9-13-12-8(16-9)6-14-3-4-15-2-1-11-7(15)5-14/h1-2H,3-6H2. The first-order valence-corrected chi connectivity index (χ1v) is 6.21. The Morgan fingerprint density at radius 2 is 2.31 bits per heavy atom. The van der Waals surface area contributed by atoms with Crippen LogP contribution in [0.1, 0.15) is 10.8 Å². The molecule has 0 saturated carbocycles. The molecule has 16 heavy (non-hydrogen) atoms. The molecule has 0 fully saturated rings. The first kappa shape index (κ1) is 10.2. The van der Waals surface area contributed by atoms with Crippen LogP contribution in [-0.4, -0.2) is 31.2 Å². The average Bonchev–Trinajstić information content (AvgIpc) is 2.87. The van der Waals surface area contributed by atoms with E-state index < -0.39 is 0 Å². The zero-order valence-corrected chi connectivity index (χ0v) is 10.1. The van der Waals surface area contributed by atoms with Gasteiger partial charge in [0.25, 0.3) is 0 Å². The lowest BCUT2D eigenvalue weighted by Crippen LogP contribution is -2.33. The number of hydrogen-bond acceptors (Lipinski definition) is 5. The summed E-state index contributed by atoms with van der Waals surface area (Å²) in [6.45, 7) is 3.67. The highest BCUT2D eigenvalue weighted by Gasteiger charge is 2.17. The molecule has 0 aromatic carbocycles.